The zero-order chi connectivity index (χ0) is 14.3. The van der Waals surface area contributed by atoms with Crippen LogP contribution in [-0.4, -0.2) is 37.2 Å². The van der Waals surface area contributed by atoms with Gasteiger partial charge in [-0.1, -0.05) is 6.92 Å². The highest BCUT2D eigenvalue weighted by Crippen LogP contribution is 2.11. The molecule has 4 N–H and O–H groups in total. The van der Waals surface area contributed by atoms with E-state index in [0.29, 0.717) is 18.8 Å². The quantitative estimate of drug-likeness (QED) is 0.603. The van der Waals surface area contributed by atoms with Crippen molar-refractivity contribution in [3.05, 3.63) is 11.9 Å². The van der Waals surface area contributed by atoms with Gasteiger partial charge in [0.05, 0.1) is 5.75 Å². The summed E-state index contributed by atoms with van der Waals surface area (Å²) in [5, 5.41) is 11.1. The molecule has 7 nitrogen and oxygen atoms in total. The van der Waals surface area contributed by atoms with Crippen LogP contribution < -0.4 is 15.8 Å². The van der Waals surface area contributed by atoms with Crippen LogP contribution in [-0.2, 0) is 16.4 Å². The number of aromatic nitrogens is 2. The molecule has 1 heterocycles. The summed E-state index contributed by atoms with van der Waals surface area (Å²) < 4.78 is 21.6. The van der Waals surface area contributed by atoms with Gasteiger partial charge in [0.2, 0.25) is 10.0 Å². The van der Waals surface area contributed by atoms with Crippen LogP contribution in [0.5, 0.6) is 0 Å². The maximum atomic E-state index is 10.8. The van der Waals surface area contributed by atoms with E-state index in [9.17, 15) is 8.42 Å². The van der Waals surface area contributed by atoms with Crippen LogP contribution in [0, 0.1) is 0 Å². The Morgan fingerprint density at radius 1 is 1.21 bits per heavy atom. The molecule has 0 amide bonds. The predicted molar refractivity (Wildman–Crippen MR) is 76.7 cm³/mol. The Bertz CT molecular complexity index is 504. The van der Waals surface area contributed by atoms with E-state index >= 15 is 0 Å². The lowest BCUT2D eigenvalue weighted by Crippen LogP contribution is -2.19. The van der Waals surface area contributed by atoms with Gasteiger partial charge in [0.15, 0.2) is 0 Å². The number of rotatable bonds is 8. The van der Waals surface area contributed by atoms with Crippen LogP contribution in [0.15, 0.2) is 6.07 Å². The van der Waals surface area contributed by atoms with Crippen molar-refractivity contribution in [2.45, 2.75) is 26.7 Å². The maximum absolute atomic E-state index is 10.8. The molecule has 1 aromatic rings. The molecule has 0 atom stereocenters. The van der Waals surface area contributed by atoms with E-state index in [1.54, 1.807) is 6.07 Å². The fraction of sp³-hybridized carbons (Fsp3) is 0.636. The number of hydrogen-bond donors (Lipinski definition) is 3. The van der Waals surface area contributed by atoms with Gasteiger partial charge in [-0.05, 0) is 13.3 Å². The fourth-order valence-corrected chi connectivity index (χ4v) is 2.05. The van der Waals surface area contributed by atoms with Crippen LogP contribution >= 0.6 is 0 Å². The third-order valence-corrected chi connectivity index (χ3v) is 3.22. The molecule has 0 aliphatic rings. The number of primary sulfonamides is 1. The van der Waals surface area contributed by atoms with Gasteiger partial charge in [-0.3, -0.25) is 0 Å². The van der Waals surface area contributed by atoms with Crippen LogP contribution in [0.3, 0.4) is 0 Å². The smallest absolute Gasteiger partial charge is 0.209 e. The van der Waals surface area contributed by atoms with Crippen molar-refractivity contribution < 1.29 is 8.42 Å². The summed E-state index contributed by atoms with van der Waals surface area (Å²) in [5.74, 6) is 2.17. The molecule has 1 rings (SSSR count). The van der Waals surface area contributed by atoms with Gasteiger partial charge in [0.1, 0.15) is 17.5 Å². The molecule has 8 heteroatoms. The van der Waals surface area contributed by atoms with E-state index in [0.717, 1.165) is 24.6 Å². The molecule has 0 saturated heterocycles. The van der Waals surface area contributed by atoms with Crippen molar-refractivity contribution in [3.8, 4) is 0 Å². The summed E-state index contributed by atoms with van der Waals surface area (Å²) in [7, 11) is -3.39. The van der Waals surface area contributed by atoms with E-state index in [-0.39, 0.29) is 5.75 Å². The number of nitrogens with zero attached hydrogens (tertiary/aromatic N) is 2. The highest BCUT2D eigenvalue weighted by molar-refractivity contribution is 7.89. The van der Waals surface area contributed by atoms with Crippen molar-refractivity contribution in [1.82, 2.24) is 9.97 Å². The number of nitrogens with two attached hydrogens (primary N) is 1. The molecule has 0 saturated carbocycles. The van der Waals surface area contributed by atoms with Gasteiger partial charge < -0.3 is 10.6 Å². The van der Waals surface area contributed by atoms with Crippen LogP contribution in [0.25, 0.3) is 0 Å². The van der Waals surface area contributed by atoms with Crippen molar-refractivity contribution >= 4 is 21.7 Å². The van der Waals surface area contributed by atoms with Gasteiger partial charge in [-0.2, -0.15) is 0 Å². The molecule has 0 spiro atoms. The Kier molecular flexibility index (Phi) is 5.97. The van der Waals surface area contributed by atoms with Gasteiger partial charge in [0, 0.05) is 25.6 Å². The molecule has 0 aliphatic heterocycles. The van der Waals surface area contributed by atoms with Crippen LogP contribution in [0.4, 0.5) is 11.6 Å². The average Bonchev–Trinajstić information content (AvgIpc) is 2.34. The topological polar surface area (TPSA) is 110 Å². The van der Waals surface area contributed by atoms with Crippen molar-refractivity contribution in [2.75, 3.05) is 29.5 Å². The summed E-state index contributed by atoms with van der Waals surface area (Å²) >= 11 is 0. The Labute approximate surface area is 114 Å². The summed E-state index contributed by atoms with van der Waals surface area (Å²) in [4.78, 5) is 8.66. The lowest BCUT2D eigenvalue weighted by atomic mass is 10.4. The zero-order valence-electron chi connectivity index (χ0n) is 11.3. The third kappa shape index (κ3) is 6.35. The first-order valence-electron chi connectivity index (χ1n) is 6.30. The number of hydrogen-bond acceptors (Lipinski definition) is 6. The Hall–Kier alpha value is -1.41. The highest BCUT2D eigenvalue weighted by Gasteiger charge is 2.04. The molecule has 0 bridgehead atoms. The SMILES string of the molecule is CCNc1cc(NCCCS(N)(=O)=O)nc(CC)n1. The molecule has 0 radical (unpaired) electrons. The number of anilines is 2. The van der Waals surface area contributed by atoms with E-state index in [4.69, 9.17) is 5.14 Å². The minimum absolute atomic E-state index is 0.0359. The second-order valence-corrected chi connectivity index (χ2v) is 5.82. The van der Waals surface area contributed by atoms with Crippen molar-refractivity contribution in [2.24, 2.45) is 5.14 Å². The molecule has 0 unspecified atom stereocenters. The van der Waals surface area contributed by atoms with E-state index in [1.807, 2.05) is 13.8 Å². The van der Waals surface area contributed by atoms with Gasteiger partial charge in [-0.25, -0.2) is 23.5 Å². The number of nitrogens with one attached hydrogen (secondary N) is 2. The van der Waals surface area contributed by atoms with Crippen molar-refractivity contribution in [3.63, 3.8) is 0 Å². The molecular formula is C11H21N5O2S. The summed E-state index contributed by atoms with van der Waals surface area (Å²) in [6.07, 6.45) is 1.19. The second-order valence-electron chi connectivity index (χ2n) is 4.09. The molecule has 1 aromatic heterocycles. The summed E-state index contributed by atoms with van der Waals surface area (Å²) in [5.41, 5.74) is 0. The number of aryl methyl sites for hydroxylation is 1. The molecule has 108 valence electrons. The fourth-order valence-electron chi connectivity index (χ4n) is 1.51. The van der Waals surface area contributed by atoms with E-state index < -0.39 is 10.0 Å². The van der Waals surface area contributed by atoms with Crippen LogP contribution in [0.2, 0.25) is 0 Å². The first kappa shape index (κ1) is 15.6. The molecule has 0 aromatic carbocycles. The largest absolute Gasteiger partial charge is 0.370 e. The maximum Gasteiger partial charge on any atom is 0.209 e. The predicted octanol–water partition coefficient (Wildman–Crippen LogP) is 0.561. The Balaban J connectivity index is 2.59. The van der Waals surface area contributed by atoms with Crippen LogP contribution in [0.1, 0.15) is 26.1 Å². The minimum Gasteiger partial charge on any atom is -0.370 e. The average molecular weight is 287 g/mol. The normalized spacial score (nSPS) is 11.3. The Morgan fingerprint density at radius 3 is 2.37 bits per heavy atom. The first-order chi connectivity index (χ1) is 8.94. The lowest BCUT2D eigenvalue weighted by Gasteiger charge is -2.09. The van der Waals surface area contributed by atoms with Gasteiger partial charge in [-0.15, -0.1) is 0 Å². The molecule has 0 fully saturated rings. The van der Waals surface area contributed by atoms with Gasteiger partial charge >= 0.3 is 0 Å². The zero-order valence-corrected chi connectivity index (χ0v) is 12.1. The van der Waals surface area contributed by atoms with E-state index in [1.165, 1.54) is 0 Å². The monoisotopic (exact) mass is 287 g/mol. The second kappa shape index (κ2) is 7.25. The molecule has 0 aliphatic carbocycles. The van der Waals surface area contributed by atoms with Gasteiger partial charge in [0.25, 0.3) is 0 Å². The Morgan fingerprint density at radius 2 is 1.84 bits per heavy atom. The minimum atomic E-state index is -3.39. The number of sulfonamides is 1. The van der Waals surface area contributed by atoms with E-state index in [2.05, 4.69) is 20.6 Å². The van der Waals surface area contributed by atoms with Crippen molar-refractivity contribution in [1.29, 1.82) is 0 Å². The molecular weight excluding hydrogens is 266 g/mol. The lowest BCUT2D eigenvalue weighted by molar-refractivity contribution is 0.595. The molecule has 19 heavy (non-hydrogen) atoms. The highest BCUT2D eigenvalue weighted by atomic mass is 32.2. The third-order valence-electron chi connectivity index (χ3n) is 2.36. The summed E-state index contributed by atoms with van der Waals surface area (Å²) in [6, 6.07) is 1.81. The summed E-state index contributed by atoms with van der Waals surface area (Å²) in [6.45, 7) is 5.26. The first-order valence-corrected chi connectivity index (χ1v) is 8.02. The standard InChI is InChI=1S/C11H21N5O2S/c1-3-9-15-10(13-4-2)8-11(16-9)14-6-5-7-19(12,17)18/h8H,3-7H2,1-2H3,(H2,12,17,18)(H2,13,14,15,16).